The molecule has 4 nitrogen and oxygen atoms in total. The number of hydrogen-bond donors (Lipinski definition) is 0. The van der Waals surface area contributed by atoms with Gasteiger partial charge in [-0.05, 0) is 38.8 Å². The molecule has 0 spiro atoms. The van der Waals surface area contributed by atoms with Crippen LogP contribution in [-0.2, 0) is 0 Å². The van der Waals surface area contributed by atoms with Gasteiger partial charge in [0.15, 0.2) is 0 Å². The number of nitrogens with zero attached hydrogens (tertiary/aromatic N) is 4. The summed E-state index contributed by atoms with van der Waals surface area (Å²) in [7, 11) is 0. The number of aromatic nitrogens is 3. The zero-order valence-corrected chi connectivity index (χ0v) is 12.4. The van der Waals surface area contributed by atoms with E-state index in [-0.39, 0.29) is 5.38 Å². The Morgan fingerprint density at radius 2 is 2.20 bits per heavy atom. The molecular weight excluding hydrogens is 272 g/mol. The van der Waals surface area contributed by atoms with Gasteiger partial charge in [-0.1, -0.05) is 0 Å². The molecule has 2 aliphatic rings. The first-order valence-electron chi connectivity index (χ1n) is 7.45. The van der Waals surface area contributed by atoms with Crippen LogP contribution in [0.3, 0.4) is 0 Å². The van der Waals surface area contributed by atoms with E-state index in [1.165, 1.54) is 37.9 Å². The fourth-order valence-corrected chi connectivity index (χ4v) is 4.11. The van der Waals surface area contributed by atoms with Crippen molar-refractivity contribution in [2.75, 3.05) is 13.1 Å². The van der Waals surface area contributed by atoms with Gasteiger partial charge in [-0.3, -0.25) is 9.88 Å². The second-order valence-electron chi connectivity index (χ2n) is 5.92. The summed E-state index contributed by atoms with van der Waals surface area (Å²) in [6.07, 6.45) is 7.52. The van der Waals surface area contributed by atoms with Gasteiger partial charge in [0.05, 0.1) is 23.1 Å². The van der Waals surface area contributed by atoms with Gasteiger partial charge < -0.3 is 4.57 Å². The first-order chi connectivity index (χ1) is 9.75. The molecule has 2 saturated heterocycles. The maximum absolute atomic E-state index is 6.38. The van der Waals surface area contributed by atoms with Crippen LogP contribution in [-0.4, -0.2) is 38.6 Å². The monoisotopic (exact) mass is 290 g/mol. The summed E-state index contributed by atoms with van der Waals surface area (Å²) in [5, 5.41) is -0.0714. The van der Waals surface area contributed by atoms with Crippen molar-refractivity contribution in [3.8, 4) is 0 Å². The lowest BCUT2D eigenvalue weighted by Crippen LogP contribution is -2.28. The number of fused-ring (bicyclic) bond motifs is 2. The maximum atomic E-state index is 6.38. The van der Waals surface area contributed by atoms with Gasteiger partial charge in [-0.25, -0.2) is 4.98 Å². The largest absolute Gasteiger partial charge is 0.322 e. The summed E-state index contributed by atoms with van der Waals surface area (Å²) in [5.74, 6) is 0.994. The van der Waals surface area contributed by atoms with Crippen molar-refractivity contribution in [3.63, 3.8) is 0 Å². The van der Waals surface area contributed by atoms with E-state index in [2.05, 4.69) is 20.5 Å². The van der Waals surface area contributed by atoms with Crippen LogP contribution in [0.1, 0.15) is 43.4 Å². The number of halogens is 1. The highest BCUT2D eigenvalue weighted by Gasteiger charge is 2.39. The molecule has 20 heavy (non-hydrogen) atoms. The molecule has 3 atom stereocenters. The molecular formula is C15H19ClN4. The third kappa shape index (κ3) is 1.78. The first-order valence-corrected chi connectivity index (χ1v) is 7.89. The molecule has 2 aromatic heterocycles. The molecule has 2 fully saturated rings. The van der Waals surface area contributed by atoms with E-state index < -0.39 is 0 Å². The molecule has 2 aliphatic heterocycles. The average Bonchev–Trinajstić information content (AvgIpc) is 3.10. The molecule has 3 unspecified atom stereocenters. The van der Waals surface area contributed by atoms with E-state index in [1.54, 1.807) is 0 Å². The van der Waals surface area contributed by atoms with E-state index in [4.69, 9.17) is 16.6 Å². The Bertz CT molecular complexity index is 636. The van der Waals surface area contributed by atoms with Crippen molar-refractivity contribution < 1.29 is 0 Å². The van der Waals surface area contributed by atoms with Gasteiger partial charge in [-0.2, -0.15) is 0 Å². The van der Waals surface area contributed by atoms with Crippen molar-refractivity contribution in [1.82, 2.24) is 19.4 Å². The van der Waals surface area contributed by atoms with Crippen molar-refractivity contribution in [2.24, 2.45) is 0 Å². The van der Waals surface area contributed by atoms with Crippen LogP contribution in [0.15, 0.2) is 18.5 Å². The van der Waals surface area contributed by atoms with Crippen LogP contribution in [0, 0.1) is 0 Å². The minimum atomic E-state index is -0.0714. The second kappa shape index (κ2) is 4.71. The van der Waals surface area contributed by atoms with E-state index >= 15 is 0 Å². The lowest BCUT2D eigenvalue weighted by Gasteiger charge is -2.24. The predicted molar refractivity (Wildman–Crippen MR) is 80.0 cm³/mol. The molecule has 4 rings (SSSR count). The van der Waals surface area contributed by atoms with E-state index in [1.807, 2.05) is 19.3 Å². The number of imidazole rings is 1. The standard InChI is InChI=1S/C15H19ClN4/c1-10(16)15-18-11-9-17-6-4-12(11)20(15)14-5-8-19-7-2-3-13(14)19/h4,6,9-10,13-14H,2-3,5,7-8H2,1H3. The fourth-order valence-electron chi connectivity index (χ4n) is 3.96. The van der Waals surface area contributed by atoms with Crippen LogP contribution < -0.4 is 0 Å². The Balaban J connectivity index is 1.87. The number of hydrogen-bond acceptors (Lipinski definition) is 3. The van der Waals surface area contributed by atoms with E-state index in [0.29, 0.717) is 12.1 Å². The quantitative estimate of drug-likeness (QED) is 0.797. The second-order valence-corrected chi connectivity index (χ2v) is 6.58. The smallest absolute Gasteiger partial charge is 0.128 e. The highest BCUT2D eigenvalue weighted by atomic mass is 35.5. The zero-order chi connectivity index (χ0) is 13.7. The summed E-state index contributed by atoms with van der Waals surface area (Å²) in [6, 6.07) is 3.25. The summed E-state index contributed by atoms with van der Waals surface area (Å²) in [5.41, 5.74) is 2.15. The van der Waals surface area contributed by atoms with Gasteiger partial charge in [0.25, 0.3) is 0 Å². The fraction of sp³-hybridized carbons (Fsp3) is 0.600. The summed E-state index contributed by atoms with van der Waals surface area (Å²) in [6.45, 7) is 4.46. The Morgan fingerprint density at radius 3 is 3.05 bits per heavy atom. The predicted octanol–water partition coefficient (Wildman–Crippen LogP) is 3.14. The minimum Gasteiger partial charge on any atom is -0.322 e. The lowest BCUT2D eigenvalue weighted by molar-refractivity contribution is 0.290. The van der Waals surface area contributed by atoms with Gasteiger partial charge in [-0.15, -0.1) is 11.6 Å². The van der Waals surface area contributed by atoms with Gasteiger partial charge >= 0.3 is 0 Å². The third-order valence-electron chi connectivity index (χ3n) is 4.78. The van der Waals surface area contributed by atoms with Gasteiger partial charge in [0.2, 0.25) is 0 Å². The molecule has 2 aromatic rings. The van der Waals surface area contributed by atoms with Crippen molar-refractivity contribution in [1.29, 1.82) is 0 Å². The molecule has 0 aliphatic carbocycles. The van der Waals surface area contributed by atoms with Crippen LogP contribution in [0.2, 0.25) is 0 Å². The number of pyridine rings is 1. The molecule has 0 saturated carbocycles. The summed E-state index contributed by atoms with van der Waals surface area (Å²) < 4.78 is 2.39. The SMILES string of the molecule is CC(Cl)c1nc2cnccc2n1C1CCN2CCCC12. The van der Waals surface area contributed by atoms with Gasteiger partial charge in [0, 0.05) is 18.8 Å². The average molecular weight is 291 g/mol. The molecule has 0 radical (unpaired) electrons. The topological polar surface area (TPSA) is 34.0 Å². The van der Waals surface area contributed by atoms with Gasteiger partial charge in [0.1, 0.15) is 11.3 Å². The molecule has 106 valence electrons. The highest BCUT2D eigenvalue weighted by molar-refractivity contribution is 6.20. The first kappa shape index (κ1) is 12.6. The third-order valence-corrected chi connectivity index (χ3v) is 4.97. The van der Waals surface area contributed by atoms with Crippen LogP contribution in [0.25, 0.3) is 11.0 Å². The van der Waals surface area contributed by atoms with Crippen LogP contribution >= 0.6 is 11.6 Å². The minimum absolute atomic E-state index is 0.0714. The summed E-state index contributed by atoms with van der Waals surface area (Å²) in [4.78, 5) is 11.5. The Kier molecular flexibility index (Phi) is 2.97. The van der Waals surface area contributed by atoms with E-state index in [9.17, 15) is 0 Å². The molecule has 0 N–H and O–H groups in total. The lowest BCUT2D eigenvalue weighted by atomic mass is 10.1. The molecule has 4 heterocycles. The van der Waals surface area contributed by atoms with Crippen molar-refractivity contribution in [3.05, 3.63) is 24.3 Å². The van der Waals surface area contributed by atoms with Crippen LogP contribution in [0.4, 0.5) is 0 Å². The number of rotatable bonds is 2. The van der Waals surface area contributed by atoms with Crippen molar-refractivity contribution >= 4 is 22.6 Å². The molecule has 0 aromatic carbocycles. The molecule has 0 amide bonds. The normalized spacial score (nSPS) is 28.1. The zero-order valence-electron chi connectivity index (χ0n) is 11.7. The summed E-state index contributed by atoms with van der Waals surface area (Å²) >= 11 is 6.38. The Hall–Kier alpha value is -1.13. The molecule has 5 heteroatoms. The number of alkyl halides is 1. The Labute approximate surface area is 123 Å². The molecule has 0 bridgehead atoms. The Morgan fingerprint density at radius 1 is 1.30 bits per heavy atom. The van der Waals surface area contributed by atoms with Crippen LogP contribution in [0.5, 0.6) is 0 Å². The van der Waals surface area contributed by atoms with E-state index in [0.717, 1.165) is 11.3 Å². The van der Waals surface area contributed by atoms with Crippen molar-refractivity contribution in [2.45, 2.75) is 43.6 Å². The highest BCUT2D eigenvalue weighted by Crippen LogP contribution is 2.39. The maximum Gasteiger partial charge on any atom is 0.128 e.